The number of aromatic nitrogens is 3. The summed E-state index contributed by atoms with van der Waals surface area (Å²) < 4.78 is 40.6. The van der Waals surface area contributed by atoms with E-state index in [1.165, 1.54) is 12.1 Å². The van der Waals surface area contributed by atoms with Crippen molar-refractivity contribution < 1.29 is 13.2 Å². The van der Waals surface area contributed by atoms with Crippen molar-refractivity contribution in [1.29, 1.82) is 0 Å². The lowest BCUT2D eigenvalue weighted by Crippen LogP contribution is -2.38. The number of unbranched alkanes of at least 4 members (excludes halogenated alkanes) is 1. The first-order valence-electron chi connectivity index (χ1n) is 9.92. The molecule has 0 bridgehead atoms. The fourth-order valence-electron chi connectivity index (χ4n) is 2.87. The van der Waals surface area contributed by atoms with E-state index in [1.807, 2.05) is 18.4 Å². The molecule has 1 aromatic carbocycles. The fraction of sp³-hybridized carbons (Fsp3) is 0.550. The smallest absolute Gasteiger partial charge is 0.357 e. The standard InChI is InChI=1S/C20H29F3N6.HI/c1-3-24-19(25-10-4-5-12-29-14-27-28-15-29)26-11-9-16(2)17-7-6-8-18(13-17)20(21,22)23;/h6-8,13-16H,3-5,9-12H2,1-2H3,(H2,24,25,26);1H. The maximum Gasteiger partial charge on any atom is 0.416 e. The molecule has 1 heterocycles. The molecule has 2 aromatic rings. The van der Waals surface area contributed by atoms with Crippen molar-refractivity contribution >= 4 is 29.9 Å². The molecule has 0 amide bonds. The number of benzene rings is 1. The quantitative estimate of drug-likeness (QED) is 0.203. The van der Waals surface area contributed by atoms with Crippen molar-refractivity contribution in [3.8, 4) is 0 Å². The number of aliphatic imine (C=N–C) groups is 1. The molecule has 30 heavy (non-hydrogen) atoms. The first kappa shape index (κ1) is 26.2. The zero-order valence-corrected chi connectivity index (χ0v) is 19.7. The van der Waals surface area contributed by atoms with E-state index in [2.05, 4.69) is 25.8 Å². The van der Waals surface area contributed by atoms with Crippen LogP contribution in [0.1, 0.15) is 50.2 Å². The van der Waals surface area contributed by atoms with Crippen LogP contribution < -0.4 is 10.6 Å². The summed E-state index contributed by atoms with van der Waals surface area (Å²) in [4.78, 5) is 4.55. The third-order valence-corrected chi connectivity index (χ3v) is 4.56. The van der Waals surface area contributed by atoms with E-state index in [0.717, 1.165) is 38.0 Å². The monoisotopic (exact) mass is 538 g/mol. The molecule has 0 aliphatic rings. The minimum Gasteiger partial charge on any atom is -0.357 e. The lowest BCUT2D eigenvalue weighted by Gasteiger charge is -2.16. The molecule has 0 spiro atoms. The Morgan fingerprint density at radius 2 is 1.90 bits per heavy atom. The summed E-state index contributed by atoms with van der Waals surface area (Å²) in [7, 11) is 0. The first-order valence-corrected chi connectivity index (χ1v) is 9.92. The Kier molecular flexibility index (Phi) is 11.7. The van der Waals surface area contributed by atoms with E-state index < -0.39 is 11.7 Å². The Labute approximate surface area is 192 Å². The van der Waals surface area contributed by atoms with Gasteiger partial charge in [0.1, 0.15) is 12.7 Å². The highest BCUT2D eigenvalue weighted by Crippen LogP contribution is 2.31. The van der Waals surface area contributed by atoms with Crippen molar-refractivity contribution in [2.24, 2.45) is 4.99 Å². The highest BCUT2D eigenvalue weighted by atomic mass is 127. The molecule has 6 nitrogen and oxygen atoms in total. The second kappa shape index (κ2) is 13.5. The van der Waals surface area contributed by atoms with Gasteiger partial charge in [0.25, 0.3) is 0 Å². The lowest BCUT2D eigenvalue weighted by atomic mass is 9.96. The number of rotatable bonds is 10. The average Bonchev–Trinajstić information content (AvgIpc) is 3.20. The molecular formula is C20H30F3IN6. The van der Waals surface area contributed by atoms with Gasteiger partial charge in [0.05, 0.1) is 5.56 Å². The van der Waals surface area contributed by atoms with Crippen LogP contribution in [-0.2, 0) is 12.7 Å². The molecule has 2 rings (SSSR count). The van der Waals surface area contributed by atoms with Crippen LogP contribution in [0, 0.1) is 0 Å². The van der Waals surface area contributed by atoms with Crippen LogP contribution in [0.4, 0.5) is 13.2 Å². The van der Waals surface area contributed by atoms with Gasteiger partial charge in [-0.05, 0) is 43.7 Å². The van der Waals surface area contributed by atoms with Gasteiger partial charge >= 0.3 is 6.18 Å². The Balaban J connectivity index is 0.00000450. The van der Waals surface area contributed by atoms with E-state index in [-0.39, 0.29) is 29.9 Å². The third-order valence-electron chi connectivity index (χ3n) is 4.56. The Hall–Kier alpha value is -1.85. The number of hydrogen-bond donors (Lipinski definition) is 2. The number of nitrogens with zero attached hydrogens (tertiary/aromatic N) is 4. The predicted octanol–water partition coefficient (Wildman–Crippen LogP) is 4.44. The molecule has 0 radical (unpaired) electrons. The summed E-state index contributed by atoms with van der Waals surface area (Å²) in [5, 5.41) is 14.0. The van der Waals surface area contributed by atoms with Crippen LogP contribution in [0.2, 0.25) is 0 Å². The molecule has 0 saturated carbocycles. The zero-order chi connectivity index (χ0) is 21.1. The molecular weight excluding hydrogens is 508 g/mol. The average molecular weight is 538 g/mol. The molecule has 1 atom stereocenters. The minimum atomic E-state index is -4.31. The molecule has 0 fully saturated rings. The number of nitrogens with one attached hydrogen (secondary N) is 2. The minimum absolute atomic E-state index is 0. The number of alkyl halides is 3. The topological polar surface area (TPSA) is 67.1 Å². The lowest BCUT2D eigenvalue weighted by molar-refractivity contribution is -0.137. The third kappa shape index (κ3) is 9.31. The van der Waals surface area contributed by atoms with Crippen LogP contribution in [-0.4, -0.2) is 40.4 Å². The van der Waals surface area contributed by atoms with Gasteiger partial charge in [-0.25, -0.2) is 0 Å². The molecule has 0 aliphatic heterocycles. The Morgan fingerprint density at radius 3 is 2.57 bits per heavy atom. The molecule has 1 unspecified atom stereocenters. The van der Waals surface area contributed by atoms with Crippen molar-refractivity contribution in [3.05, 3.63) is 48.0 Å². The van der Waals surface area contributed by atoms with Gasteiger partial charge in [-0.15, -0.1) is 34.2 Å². The second-order valence-electron chi connectivity index (χ2n) is 6.91. The Morgan fingerprint density at radius 1 is 1.17 bits per heavy atom. The van der Waals surface area contributed by atoms with Gasteiger partial charge in [-0.2, -0.15) is 13.2 Å². The molecule has 1 aromatic heterocycles. The summed E-state index contributed by atoms with van der Waals surface area (Å²) >= 11 is 0. The number of aryl methyl sites for hydroxylation is 1. The van der Waals surface area contributed by atoms with Crippen molar-refractivity contribution in [2.75, 3.05) is 19.6 Å². The maximum atomic E-state index is 12.9. The number of halogens is 4. The summed E-state index contributed by atoms with van der Waals surface area (Å²) in [5.41, 5.74) is 0.0914. The van der Waals surface area contributed by atoms with Crippen LogP contribution in [0.15, 0.2) is 41.9 Å². The molecule has 10 heteroatoms. The van der Waals surface area contributed by atoms with Crippen LogP contribution >= 0.6 is 24.0 Å². The van der Waals surface area contributed by atoms with Crippen LogP contribution in [0.5, 0.6) is 0 Å². The van der Waals surface area contributed by atoms with Gasteiger partial charge in [0, 0.05) is 26.2 Å². The summed E-state index contributed by atoms with van der Waals surface area (Å²) in [6, 6.07) is 5.55. The molecule has 168 valence electrons. The molecule has 0 aliphatic carbocycles. The summed E-state index contributed by atoms with van der Waals surface area (Å²) in [6.07, 6.45) is 1.70. The van der Waals surface area contributed by atoms with E-state index >= 15 is 0 Å². The van der Waals surface area contributed by atoms with E-state index in [9.17, 15) is 13.2 Å². The summed E-state index contributed by atoms with van der Waals surface area (Å²) in [6.45, 7) is 6.86. The molecule has 2 N–H and O–H groups in total. The van der Waals surface area contributed by atoms with Crippen molar-refractivity contribution in [2.45, 2.75) is 51.7 Å². The molecule has 0 saturated heterocycles. The van der Waals surface area contributed by atoms with E-state index in [1.54, 1.807) is 18.7 Å². The second-order valence-corrected chi connectivity index (χ2v) is 6.91. The zero-order valence-electron chi connectivity index (χ0n) is 17.3. The predicted molar refractivity (Wildman–Crippen MR) is 123 cm³/mol. The maximum absolute atomic E-state index is 12.9. The fourth-order valence-corrected chi connectivity index (χ4v) is 2.87. The van der Waals surface area contributed by atoms with Gasteiger partial charge in [-0.1, -0.05) is 25.1 Å². The number of hydrogen-bond acceptors (Lipinski definition) is 3. The van der Waals surface area contributed by atoms with Gasteiger partial charge in [0.15, 0.2) is 5.96 Å². The SMILES string of the molecule is CCNC(=NCCCCn1cnnc1)NCCC(C)c1cccc(C(F)(F)F)c1.I. The van der Waals surface area contributed by atoms with Crippen LogP contribution in [0.25, 0.3) is 0 Å². The van der Waals surface area contributed by atoms with Crippen LogP contribution in [0.3, 0.4) is 0 Å². The van der Waals surface area contributed by atoms with E-state index in [0.29, 0.717) is 25.1 Å². The van der Waals surface area contributed by atoms with E-state index in [4.69, 9.17) is 0 Å². The van der Waals surface area contributed by atoms with Gasteiger partial charge in [0.2, 0.25) is 0 Å². The normalized spacial score (nSPS) is 12.9. The summed E-state index contributed by atoms with van der Waals surface area (Å²) in [5.74, 6) is 0.740. The largest absolute Gasteiger partial charge is 0.416 e. The van der Waals surface area contributed by atoms with Crippen molar-refractivity contribution in [1.82, 2.24) is 25.4 Å². The van der Waals surface area contributed by atoms with Gasteiger partial charge < -0.3 is 15.2 Å². The number of guanidine groups is 1. The highest BCUT2D eigenvalue weighted by molar-refractivity contribution is 14.0. The first-order chi connectivity index (χ1) is 13.9. The van der Waals surface area contributed by atoms with Gasteiger partial charge in [-0.3, -0.25) is 4.99 Å². The highest BCUT2D eigenvalue weighted by Gasteiger charge is 2.30. The Bertz CT molecular complexity index is 749. The van der Waals surface area contributed by atoms with Crippen molar-refractivity contribution in [3.63, 3.8) is 0 Å².